The lowest BCUT2D eigenvalue weighted by Crippen LogP contribution is -2.38. The molecule has 1 aromatic carbocycles. The quantitative estimate of drug-likeness (QED) is 0.596. The number of carbonyl (C=O) groups excluding carboxylic acids is 1. The molecule has 1 amide bonds. The third-order valence-corrected chi connectivity index (χ3v) is 6.55. The van der Waals surface area contributed by atoms with Gasteiger partial charge in [0.1, 0.15) is 0 Å². The highest BCUT2D eigenvalue weighted by atomic mass is 32.2. The Morgan fingerprint density at radius 2 is 1.93 bits per heavy atom. The fourth-order valence-electron chi connectivity index (χ4n) is 3.88. The van der Waals surface area contributed by atoms with Crippen LogP contribution in [0.5, 0.6) is 0 Å². The Bertz CT molecular complexity index is 996. The summed E-state index contributed by atoms with van der Waals surface area (Å²) in [4.78, 5) is 16.8. The molecular weight excluding hydrogens is 394 g/mol. The SMILES string of the molecule is Cc1ccccc1-n1c(SCC(=O)NC2CCC(C)CC2)nnc1-c1cccnc1. The molecule has 3 aromatic rings. The zero-order valence-corrected chi connectivity index (χ0v) is 18.2. The van der Waals surface area contributed by atoms with E-state index in [1.54, 1.807) is 12.4 Å². The van der Waals surface area contributed by atoms with Gasteiger partial charge in [-0.25, -0.2) is 0 Å². The number of pyridine rings is 1. The van der Waals surface area contributed by atoms with Crippen molar-refractivity contribution in [2.45, 2.75) is 50.7 Å². The molecule has 0 aliphatic heterocycles. The van der Waals surface area contributed by atoms with Crippen molar-refractivity contribution in [1.29, 1.82) is 0 Å². The highest BCUT2D eigenvalue weighted by Crippen LogP contribution is 2.29. The van der Waals surface area contributed by atoms with Gasteiger partial charge in [-0.05, 0) is 62.3 Å². The summed E-state index contributed by atoms with van der Waals surface area (Å²) in [5.41, 5.74) is 3.01. The minimum Gasteiger partial charge on any atom is -0.353 e. The topological polar surface area (TPSA) is 72.7 Å². The van der Waals surface area contributed by atoms with Crippen molar-refractivity contribution in [2.75, 3.05) is 5.75 Å². The summed E-state index contributed by atoms with van der Waals surface area (Å²) >= 11 is 1.42. The van der Waals surface area contributed by atoms with Gasteiger partial charge in [0.25, 0.3) is 0 Å². The molecule has 0 atom stereocenters. The maximum absolute atomic E-state index is 12.6. The van der Waals surface area contributed by atoms with Gasteiger partial charge in [0.05, 0.1) is 11.4 Å². The van der Waals surface area contributed by atoms with E-state index >= 15 is 0 Å². The smallest absolute Gasteiger partial charge is 0.230 e. The molecule has 0 spiro atoms. The Morgan fingerprint density at radius 3 is 2.67 bits per heavy atom. The predicted octanol–water partition coefficient (Wildman–Crippen LogP) is 4.42. The second-order valence-corrected chi connectivity index (χ2v) is 8.93. The molecule has 7 heteroatoms. The van der Waals surface area contributed by atoms with Crippen LogP contribution >= 0.6 is 11.8 Å². The molecule has 1 fully saturated rings. The predicted molar refractivity (Wildman–Crippen MR) is 120 cm³/mol. The number of carbonyl (C=O) groups is 1. The van der Waals surface area contributed by atoms with Crippen LogP contribution in [0.4, 0.5) is 0 Å². The van der Waals surface area contributed by atoms with E-state index in [4.69, 9.17) is 0 Å². The Labute approximate surface area is 181 Å². The second-order valence-electron chi connectivity index (χ2n) is 7.98. The molecule has 0 saturated heterocycles. The molecule has 0 bridgehead atoms. The number of nitrogens with one attached hydrogen (secondary N) is 1. The van der Waals surface area contributed by atoms with Gasteiger partial charge in [-0.1, -0.05) is 36.9 Å². The summed E-state index contributed by atoms with van der Waals surface area (Å²) in [5, 5.41) is 12.7. The molecule has 156 valence electrons. The Hall–Kier alpha value is -2.67. The maximum atomic E-state index is 12.6. The molecule has 1 aliphatic rings. The number of benzene rings is 1. The van der Waals surface area contributed by atoms with Crippen LogP contribution in [0, 0.1) is 12.8 Å². The van der Waals surface area contributed by atoms with Crippen LogP contribution in [0.2, 0.25) is 0 Å². The van der Waals surface area contributed by atoms with Gasteiger partial charge in [0.2, 0.25) is 5.91 Å². The summed E-state index contributed by atoms with van der Waals surface area (Å²) in [6, 6.07) is 12.3. The molecule has 1 aliphatic carbocycles. The van der Waals surface area contributed by atoms with Gasteiger partial charge < -0.3 is 5.32 Å². The summed E-state index contributed by atoms with van der Waals surface area (Å²) in [5.74, 6) is 1.87. The van der Waals surface area contributed by atoms with Crippen LogP contribution in [0.3, 0.4) is 0 Å². The lowest BCUT2D eigenvalue weighted by atomic mass is 9.87. The van der Waals surface area contributed by atoms with Crippen LogP contribution < -0.4 is 5.32 Å². The molecule has 4 rings (SSSR count). The Kier molecular flexibility index (Phi) is 6.47. The molecule has 6 nitrogen and oxygen atoms in total. The van der Waals surface area contributed by atoms with Crippen LogP contribution in [0.25, 0.3) is 17.1 Å². The van der Waals surface area contributed by atoms with Gasteiger partial charge in [-0.2, -0.15) is 0 Å². The van der Waals surface area contributed by atoms with E-state index < -0.39 is 0 Å². The average molecular weight is 422 g/mol. The molecule has 0 radical (unpaired) electrons. The summed E-state index contributed by atoms with van der Waals surface area (Å²) in [6.45, 7) is 4.35. The maximum Gasteiger partial charge on any atom is 0.230 e. The van der Waals surface area contributed by atoms with Crippen LogP contribution in [-0.4, -0.2) is 37.5 Å². The number of thioether (sulfide) groups is 1. The van der Waals surface area contributed by atoms with Crippen molar-refractivity contribution < 1.29 is 4.79 Å². The van der Waals surface area contributed by atoms with E-state index in [9.17, 15) is 4.79 Å². The Morgan fingerprint density at radius 1 is 1.13 bits per heavy atom. The van der Waals surface area contributed by atoms with Gasteiger partial charge in [-0.3, -0.25) is 14.3 Å². The van der Waals surface area contributed by atoms with Crippen molar-refractivity contribution in [3.63, 3.8) is 0 Å². The van der Waals surface area contributed by atoms with E-state index in [1.807, 2.05) is 34.9 Å². The molecule has 0 unspecified atom stereocenters. The minimum absolute atomic E-state index is 0.0572. The first-order valence-corrected chi connectivity index (χ1v) is 11.4. The molecule has 1 N–H and O–H groups in total. The van der Waals surface area contributed by atoms with Gasteiger partial charge >= 0.3 is 0 Å². The first kappa shape index (κ1) is 20.6. The highest BCUT2D eigenvalue weighted by molar-refractivity contribution is 7.99. The Balaban J connectivity index is 1.54. The molecule has 1 saturated carbocycles. The summed E-state index contributed by atoms with van der Waals surface area (Å²) < 4.78 is 2.02. The number of nitrogens with zero attached hydrogens (tertiary/aromatic N) is 4. The van der Waals surface area contributed by atoms with E-state index in [0.29, 0.717) is 17.0 Å². The van der Waals surface area contributed by atoms with Crippen LogP contribution in [0.1, 0.15) is 38.2 Å². The molecule has 30 heavy (non-hydrogen) atoms. The normalized spacial score (nSPS) is 18.9. The number of aryl methyl sites for hydroxylation is 1. The van der Waals surface area contributed by atoms with E-state index in [1.165, 1.54) is 24.6 Å². The third kappa shape index (κ3) is 4.73. The molecule has 2 aromatic heterocycles. The highest BCUT2D eigenvalue weighted by Gasteiger charge is 2.21. The summed E-state index contributed by atoms with van der Waals surface area (Å²) in [6.07, 6.45) is 8.04. The lowest BCUT2D eigenvalue weighted by molar-refractivity contribution is -0.119. The van der Waals surface area contributed by atoms with E-state index in [0.717, 1.165) is 41.4 Å². The first-order chi connectivity index (χ1) is 14.6. The largest absolute Gasteiger partial charge is 0.353 e. The van der Waals surface area contributed by atoms with Crippen LogP contribution in [0.15, 0.2) is 53.9 Å². The van der Waals surface area contributed by atoms with Crippen molar-refractivity contribution in [2.24, 2.45) is 5.92 Å². The average Bonchev–Trinajstić information content (AvgIpc) is 3.18. The van der Waals surface area contributed by atoms with Gasteiger partial charge in [-0.15, -0.1) is 10.2 Å². The number of amides is 1. The van der Waals surface area contributed by atoms with Gasteiger partial charge in [0, 0.05) is 24.0 Å². The number of rotatable bonds is 6. The minimum atomic E-state index is 0.0572. The molecular formula is C23H27N5OS. The number of para-hydroxylation sites is 1. The number of aromatic nitrogens is 4. The van der Waals surface area contributed by atoms with Gasteiger partial charge in [0.15, 0.2) is 11.0 Å². The van der Waals surface area contributed by atoms with Crippen LogP contribution in [-0.2, 0) is 4.79 Å². The fraction of sp³-hybridized carbons (Fsp3) is 0.391. The van der Waals surface area contributed by atoms with E-state index in [2.05, 4.69) is 40.4 Å². The fourth-order valence-corrected chi connectivity index (χ4v) is 4.64. The standard InChI is InChI=1S/C23H27N5OS/c1-16-9-11-19(12-10-16)25-21(29)15-30-23-27-26-22(18-7-5-13-24-14-18)28(23)20-8-4-3-6-17(20)2/h3-8,13-14,16,19H,9-12,15H2,1-2H3,(H,25,29). The third-order valence-electron chi connectivity index (χ3n) is 5.62. The summed E-state index contributed by atoms with van der Waals surface area (Å²) in [7, 11) is 0. The van der Waals surface area contributed by atoms with Crippen molar-refractivity contribution in [3.05, 3.63) is 54.4 Å². The zero-order chi connectivity index (χ0) is 20.9. The monoisotopic (exact) mass is 421 g/mol. The van der Waals surface area contributed by atoms with Crippen molar-refractivity contribution in [1.82, 2.24) is 25.1 Å². The molecule has 2 heterocycles. The van der Waals surface area contributed by atoms with Crippen molar-refractivity contribution in [3.8, 4) is 17.1 Å². The first-order valence-electron chi connectivity index (χ1n) is 10.5. The second kappa shape index (κ2) is 9.43. The number of hydrogen-bond acceptors (Lipinski definition) is 5. The lowest BCUT2D eigenvalue weighted by Gasteiger charge is -2.26. The van der Waals surface area contributed by atoms with E-state index in [-0.39, 0.29) is 5.91 Å². The van der Waals surface area contributed by atoms with Crippen molar-refractivity contribution >= 4 is 17.7 Å². The zero-order valence-electron chi connectivity index (χ0n) is 17.4. The number of hydrogen-bond donors (Lipinski definition) is 1.